The lowest BCUT2D eigenvalue weighted by Crippen LogP contribution is -2.18. The predicted molar refractivity (Wildman–Crippen MR) is 52.0 cm³/mol. The molecule has 0 aromatic heterocycles. The van der Waals surface area contributed by atoms with Crippen molar-refractivity contribution < 1.29 is 19.8 Å². The van der Waals surface area contributed by atoms with Gasteiger partial charge in [0.25, 0.3) is 0 Å². The average molecular weight is 200 g/mol. The molecule has 80 valence electrons. The number of aliphatic carboxylic acids is 2. The molecule has 0 saturated carbocycles. The van der Waals surface area contributed by atoms with Crippen LogP contribution in [0, 0.1) is 11.8 Å². The van der Waals surface area contributed by atoms with Crippen LogP contribution in [0.2, 0.25) is 0 Å². The quantitative estimate of drug-likeness (QED) is 0.678. The van der Waals surface area contributed by atoms with Crippen molar-refractivity contribution >= 4 is 11.9 Å². The van der Waals surface area contributed by atoms with Gasteiger partial charge in [-0.1, -0.05) is 27.7 Å². The molecule has 0 rings (SSSR count). The summed E-state index contributed by atoms with van der Waals surface area (Å²) in [4.78, 5) is 21.7. The Kier molecular flexibility index (Phi) is 4.34. The summed E-state index contributed by atoms with van der Waals surface area (Å²) in [5.41, 5.74) is -0.0139. The van der Waals surface area contributed by atoms with Gasteiger partial charge in [-0.2, -0.15) is 0 Å². The third kappa shape index (κ3) is 2.87. The van der Waals surface area contributed by atoms with Crippen LogP contribution in [0.5, 0.6) is 0 Å². The van der Waals surface area contributed by atoms with Gasteiger partial charge in [-0.15, -0.1) is 0 Å². The second-order valence-electron chi connectivity index (χ2n) is 3.75. The van der Waals surface area contributed by atoms with Crippen LogP contribution in [0.15, 0.2) is 11.1 Å². The van der Waals surface area contributed by atoms with E-state index in [0.29, 0.717) is 0 Å². The molecule has 2 N–H and O–H groups in total. The molecule has 0 saturated heterocycles. The van der Waals surface area contributed by atoms with Gasteiger partial charge in [0.05, 0.1) is 11.1 Å². The zero-order valence-corrected chi connectivity index (χ0v) is 8.87. The van der Waals surface area contributed by atoms with E-state index in [1.807, 2.05) is 0 Å². The maximum absolute atomic E-state index is 10.9. The van der Waals surface area contributed by atoms with Crippen LogP contribution >= 0.6 is 0 Å². The lowest BCUT2D eigenvalue weighted by molar-refractivity contribution is -0.136. The zero-order valence-electron chi connectivity index (χ0n) is 8.87. The van der Waals surface area contributed by atoms with E-state index in [4.69, 9.17) is 10.2 Å². The highest BCUT2D eigenvalue weighted by Gasteiger charge is 2.24. The fraction of sp³-hybridized carbons (Fsp3) is 0.600. The summed E-state index contributed by atoms with van der Waals surface area (Å²) >= 11 is 0. The number of carboxylic acids is 2. The van der Waals surface area contributed by atoms with Crippen LogP contribution in [0.3, 0.4) is 0 Å². The number of hydrogen-bond acceptors (Lipinski definition) is 2. The minimum absolute atomic E-state index is 0.00694. The highest BCUT2D eigenvalue weighted by atomic mass is 16.4. The first kappa shape index (κ1) is 12.7. The van der Waals surface area contributed by atoms with E-state index in [1.54, 1.807) is 27.7 Å². The molecule has 4 heteroatoms. The number of carboxylic acid groups (broad SMARTS) is 2. The molecule has 0 aliphatic rings. The summed E-state index contributed by atoms with van der Waals surface area (Å²) in [6, 6.07) is 0. The zero-order chi connectivity index (χ0) is 11.5. The molecule has 14 heavy (non-hydrogen) atoms. The molecule has 0 unspecified atom stereocenters. The van der Waals surface area contributed by atoms with Crippen LogP contribution in [0.4, 0.5) is 0 Å². The monoisotopic (exact) mass is 200 g/mol. The molecule has 0 radical (unpaired) electrons. The van der Waals surface area contributed by atoms with Crippen molar-refractivity contribution in [3.63, 3.8) is 0 Å². The van der Waals surface area contributed by atoms with Crippen molar-refractivity contribution in [2.75, 3.05) is 0 Å². The van der Waals surface area contributed by atoms with Crippen LogP contribution in [-0.2, 0) is 9.59 Å². The van der Waals surface area contributed by atoms with Crippen molar-refractivity contribution in [3.8, 4) is 0 Å². The van der Waals surface area contributed by atoms with E-state index in [9.17, 15) is 9.59 Å². The predicted octanol–water partition coefficient (Wildman–Crippen LogP) is 1.76. The molecule has 0 aromatic rings. The normalized spacial score (nSPS) is 13.0. The Balaban J connectivity index is 5.51. The summed E-state index contributed by atoms with van der Waals surface area (Å²) in [7, 11) is 0. The molecule has 0 aromatic carbocycles. The highest BCUT2D eigenvalue weighted by Crippen LogP contribution is 2.21. The standard InChI is InChI=1S/C10H16O4/c1-5(2)7(9(11)12)8(6(3)4)10(13)14/h5-6H,1-4H3,(H,11,12)(H,13,14)/b8-7-. The van der Waals surface area contributed by atoms with Gasteiger partial charge in [-0.3, -0.25) is 0 Å². The van der Waals surface area contributed by atoms with Crippen LogP contribution in [0.25, 0.3) is 0 Å². The van der Waals surface area contributed by atoms with Crippen LogP contribution in [-0.4, -0.2) is 22.2 Å². The molecule has 0 aliphatic carbocycles. The fourth-order valence-corrected chi connectivity index (χ4v) is 1.35. The summed E-state index contributed by atoms with van der Waals surface area (Å²) in [6.45, 7) is 6.70. The number of hydrogen-bond donors (Lipinski definition) is 2. The minimum atomic E-state index is -1.15. The Morgan fingerprint density at radius 2 is 1.00 bits per heavy atom. The summed E-state index contributed by atoms with van der Waals surface area (Å²) < 4.78 is 0. The SMILES string of the molecule is CC(C)/C(C(=O)O)=C(/C(=O)O)C(C)C. The fourth-order valence-electron chi connectivity index (χ4n) is 1.35. The first-order chi connectivity index (χ1) is 6.29. The highest BCUT2D eigenvalue weighted by molar-refractivity contribution is 5.99. The average Bonchev–Trinajstić information content (AvgIpc) is 1.96. The second kappa shape index (κ2) is 4.79. The molecule has 0 spiro atoms. The molecular formula is C10H16O4. The van der Waals surface area contributed by atoms with Crippen molar-refractivity contribution in [1.82, 2.24) is 0 Å². The summed E-state index contributed by atoms with van der Waals surface area (Å²) in [5.74, 6) is -2.88. The second-order valence-corrected chi connectivity index (χ2v) is 3.75. The molecule has 0 bridgehead atoms. The molecule has 4 nitrogen and oxygen atoms in total. The van der Waals surface area contributed by atoms with Crippen molar-refractivity contribution in [3.05, 3.63) is 11.1 Å². The molecule has 0 aliphatic heterocycles. The molecule has 0 atom stereocenters. The molecule has 0 fully saturated rings. The first-order valence-corrected chi connectivity index (χ1v) is 4.49. The van der Waals surface area contributed by atoms with Crippen molar-refractivity contribution in [2.24, 2.45) is 11.8 Å². The molecule has 0 amide bonds. The van der Waals surface area contributed by atoms with Gasteiger partial charge in [0, 0.05) is 0 Å². The third-order valence-electron chi connectivity index (χ3n) is 1.91. The minimum Gasteiger partial charge on any atom is -0.478 e. The maximum Gasteiger partial charge on any atom is 0.332 e. The van der Waals surface area contributed by atoms with Crippen molar-refractivity contribution in [1.29, 1.82) is 0 Å². The first-order valence-electron chi connectivity index (χ1n) is 4.49. The van der Waals surface area contributed by atoms with Crippen molar-refractivity contribution in [2.45, 2.75) is 27.7 Å². The Bertz CT molecular complexity index is 246. The van der Waals surface area contributed by atoms with Gasteiger partial charge in [0.1, 0.15) is 0 Å². The van der Waals surface area contributed by atoms with Crippen LogP contribution < -0.4 is 0 Å². The number of rotatable bonds is 4. The van der Waals surface area contributed by atoms with Crippen LogP contribution in [0.1, 0.15) is 27.7 Å². The van der Waals surface area contributed by atoms with Gasteiger partial charge >= 0.3 is 11.9 Å². The van der Waals surface area contributed by atoms with Gasteiger partial charge in [0.15, 0.2) is 0 Å². The Labute approximate surface area is 83.2 Å². The Morgan fingerprint density at radius 3 is 1.07 bits per heavy atom. The van der Waals surface area contributed by atoms with E-state index in [-0.39, 0.29) is 23.0 Å². The van der Waals surface area contributed by atoms with Gasteiger partial charge in [-0.05, 0) is 11.8 Å². The largest absolute Gasteiger partial charge is 0.478 e. The summed E-state index contributed by atoms with van der Waals surface area (Å²) in [5, 5.41) is 17.8. The van der Waals surface area contributed by atoms with E-state index in [2.05, 4.69) is 0 Å². The Morgan fingerprint density at radius 1 is 0.786 bits per heavy atom. The topological polar surface area (TPSA) is 74.6 Å². The maximum atomic E-state index is 10.9. The molecule has 0 heterocycles. The van der Waals surface area contributed by atoms with Gasteiger partial charge < -0.3 is 10.2 Å². The lowest BCUT2D eigenvalue weighted by Gasteiger charge is -2.14. The smallest absolute Gasteiger partial charge is 0.332 e. The van der Waals surface area contributed by atoms with E-state index < -0.39 is 11.9 Å². The van der Waals surface area contributed by atoms with E-state index >= 15 is 0 Å². The third-order valence-corrected chi connectivity index (χ3v) is 1.91. The molecular weight excluding hydrogens is 184 g/mol. The van der Waals surface area contributed by atoms with E-state index in [0.717, 1.165) is 0 Å². The number of carbonyl (C=O) groups is 2. The van der Waals surface area contributed by atoms with E-state index in [1.165, 1.54) is 0 Å². The lowest BCUT2D eigenvalue weighted by atomic mass is 9.90. The van der Waals surface area contributed by atoms with Gasteiger partial charge in [0.2, 0.25) is 0 Å². The van der Waals surface area contributed by atoms with Gasteiger partial charge in [-0.25, -0.2) is 9.59 Å². The summed E-state index contributed by atoms with van der Waals surface area (Å²) in [6.07, 6.45) is 0. The Hall–Kier alpha value is -1.32.